The Bertz CT molecular complexity index is 516. The van der Waals surface area contributed by atoms with Gasteiger partial charge in [-0.2, -0.15) is 13.2 Å². The van der Waals surface area contributed by atoms with Crippen LogP contribution in [-0.2, 0) is 6.18 Å². The summed E-state index contributed by atoms with van der Waals surface area (Å²) in [5.74, 6) is -1.88. The molecule has 20 heavy (non-hydrogen) atoms. The van der Waals surface area contributed by atoms with E-state index in [4.69, 9.17) is 0 Å². The van der Waals surface area contributed by atoms with Gasteiger partial charge >= 0.3 is 6.18 Å². The van der Waals surface area contributed by atoms with Gasteiger partial charge in [-0.3, -0.25) is 4.79 Å². The summed E-state index contributed by atoms with van der Waals surface area (Å²) in [7, 11) is 0. The molecular weight excluding hydrogens is 276 g/mol. The molecule has 0 aliphatic carbocycles. The Morgan fingerprint density at radius 2 is 2.10 bits per heavy atom. The number of nitrogens with zero attached hydrogens (tertiary/aromatic N) is 1. The number of halogens is 4. The minimum atomic E-state index is -4.81. The van der Waals surface area contributed by atoms with Gasteiger partial charge in [0.05, 0.1) is 5.56 Å². The first-order valence-corrected chi connectivity index (χ1v) is 6.19. The second-order valence-electron chi connectivity index (χ2n) is 4.74. The van der Waals surface area contributed by atoms with Gasteiger partial charge in [0.15, 0.2) is 0 Å². The highest BCUT2D eigenvalue weighted by molar-refractivity contribution is 5.94. The Balaban J connectivity index is 2.31. The first-order chi connectivity index (χ1) is 9.30. The molecule has 2 rings (SSSR count). The molecule has 1 heterocycles. The maximum absolute atomic E-state index is 13.2. The van der Waals surface area contributed by atoms with Crippen molar-refractivity contribution in [3.05, 3.63) is 35.1 Å². The third-order valence-electron chi connectivity index (χ3n) is 3.28. The standard InChI is InChI=1S/C13H14F4N2O/c1-8-7-18-4-5-19(8)12(20)9-2-3-11(14)10(6-9)13(15,16)17/h2-3,6,8,18H,4-5,7H2,1H3/t8-/m0/s1. The molecule has 1 aromatic rings. The largest absolute Gasteiger partial charge is 0.419 e. The van der Waals surface area contributed by atoms with Crippen LogP contribution in [0, 0.1) is 5.82 Å². The predicted octanol–water partition coefficient (Wildman–Crippen LogP) is 2.28. The molecule has 0 aromatic heterocycles. The molecule has 0 spiro atoms. The highest BCUT2D eigenvalue weighted by atomic mass is 19.4. The summed E-state index contributed by atoms with van der Waals surface area (Å²) in [4.78, 5) is 13.7. The summed E-state index contributed by atoms with van der Waals surface area (Å²) in [6.07, 6.45) is -4.81. The van der Waals surface area contributed by atoms with Crippen molar-refractivity contribution in [1.29, 1.82) is 0 Å². The van der Waals surface area contributed by atoms with Crippen molar-refractivity contribution in [1.82, 2.24) is 10.2 Å². The van der Waals surface area contributed by atoms with E-state index < -0.39 is 23.5 Å². The number of carbonyl (C=O) groups excluding carboxylic acids is 1. The summed E-state index contributed by atoms with van der Waals surface area (Å²) >= 11 is 0. The van der Waals surface area contributed by atoms with E-state index in [0.29, 0.717) is 31.8 Å². The number of alkyl halides is 3. The van der Waals surface area contributed by atoms with E-state index in [1.165, 1.54) is 4.90 Å². The molecule has 1 fully saturated rings. The Labute approximate surface area is 113 Å². The lowest BCUT2D eigenvalue weighted by Gasteiger charge is -2.34. The first-order valence-electron chi connectivity index (χ1n) is 6.19. The van der Waals surface area contributed by atoms with E-state index in [-0.39, 0.29) is 11.6 Å². The van der Waals surface area contributed by atoms with Crippen molar-refractivity contribution in [3.63, 3.8) is 0 Å². The molecule has 7 heteroatoms. The molecule has 1 saturated heterocycles. The summed E-state index contributed by atoms with van der Waals surface area (Å²) in [6, 6.07) is 2.23. The molecule has 0 unspecified atom stereocenters. The van der Waals surface area contributed by atoms with Crippen LogP contribution in [0.1, 0.15) is 22.8 Å². The Morgan fingerprint density at radius 1 is 1.40 bits per heavy atom. The summed E-state index contributed by atoms with van der Waals surface area (Å²) in [5, 5.41) is 3.08. The van der Waals surface area contributed by atoms with Crippen LogP contribution in [0.3, 0.4) is 0 Å². The fourth-order valence-electron chi connectivity index (χ4n) is 2.18. The van der Waals surface area contributed by atoms with Gasteiger partial charge in [0.2, 0.25) is 0 Å². The molecule has 110 valence electrons. The Morgan fingerprint density at radius 3 is 2.70 bits per heavy atom. The SMILES string of the molecule is C[C@H]1CNCCN1C(=O)c1ccc(F)c(C(F)(F)F)c1. The number of amides is 1. The number of piperazine rings is 1. The summed E-state index contributed by atoms with van der Waals surface area (Å²) in [6.45, 7) is 3.39. The van der Waals surface area contributed by atoms with Crippen molar-refractivity contribution in [2.45, 2.75) is 19.1 Å². The lowest BCUT2D eigenvalue weighted by atomic mass is 10.1. The van der Waals surface area contributed by atoms with E-state index >= 15 is 0 Å². The minimum absolute atomic E-state index is 0.115. The van der Waals surface area contributed by atoms with Crippen molar-refractivity contribution in [3.8, 4) is 0 Å². The number of hydrogen-bond donors (Lipinski definition) is 1. The third kappa shape index (κ3) is 2.92. The molecule has 1 atom stereocenters. The average molecular weight is 290 g/mol. The number of nitrogens with one attached hydrogen (secondary N) is 1. The zero-order valence-corrected chi connectivity index (χ0v) is 10.8. The maximum atomic E-state index is 13.2. The topological polar surface area (TPSA) is 32.3 Å². The number of hydrogen-bond acceptors (Lipinski definition) is 2. The quantitative estimate of drug-likeness (QED) is 0.805. The van der Waals surface area contributed by atoms with Crippen LogP contribution in [0.15, 0.2) is 18.2 Å². The van der Waals surface area contributed by atoms with Gasteiger partial charge in [-0.05, 0) is 25.1 Å². The van der Waals surface area contributed by atoms with Gasteiger partial charge in [-0.15, -0.1) is 0 Å². The molecule has 3 nitrogen and oxygen atoms in total. The molecule has 1 aromatic carbocycles. The average Bonchev–Trinajstić information content (AvgIpc) is 2.37. The van der Waals surface area contributed by atoms with Crippen molar-refractivity contribution < 1.29 is 22.4 Å². The predicted molar refractivity (Wildman–Crippen MR) is 64.8 cm³/mol. The van der Waals surface area contributed by atoms with Gasteiger partial charge in [0.1, 0.15) is 5.82 Å². The Hall–Kier alpha value is -1.63. The van der Waals surface area contributed by atoms with Gasteiger partial charge < -0.3 is 10.2 Å². The fourth-order valence-corrected chi connectivity index (χ4v) is 2.18. The molecule has 1 amide bonds. The summed E-state index contributed by atoms with van der Waals surface area (Å²) in [5.41, 5.74) is -1.56. The molecular formula is C13H14F4N2O. The van der Waals surface area contributed by atoms with Gasteiger partial charge in [0, 0.05) is 31.2 Å². The van der Waals surface area contributed by atoms with Crippen LogP contribution >= 0.6 is 0 Å². The van der Waals surface area contributed by atoms with Crippen molar-refractivity contribution in [2.24, 2.45) is 0 Å². The highest BCUT2D eigenvalue weighted by Crippen LogP contribution is 2.32. The zero-order valence-electron chi connectivity index (χ0n) is 10.8. The molecule has 0 radical (unpaired) electrons. The fraction of sp³-hybridized carbons (Fsp3) is 0.462. The molecule has 0 bridgehead atoms. The van der Waals surface area contributed by atoms with E-state index in [1.54, 1.807) is 6.92 Å². The Kier molecular flexibility index (Phi) is 3.99. The van der Waals surface area contributed by atoms with Crippen LogP contribution in [0.25, 0.3) is 0 Å². The zero-order chi connectivity index (χ0) is 14.9. The van der Waals surface area contributed by atoms with Crippen LogP contribution in [0.5, 0.6) is 0 Å². The molecule has 1 aliphatic heterocycles. The summed E-state index contributed by atoms with van der Waals surface area (Å²) < 4.78 is 51.1. The second-order valence-corrected chi connectivity index (χ2v) is 4.74. The number of carbonyl (C=O) groups is 1. The van der Waals surface area contributed by atoms with E-state index in [0.717, 1.165) is 6.07 Å². The van der Waals surface area contributed by atoms with Gasteiger partial charge in [-0.25, -0.2) is 4.39 Å². The highest BCUT2D eigenvalue weighted by Gasteiger charge is 2.35. The molecule has 1 N–H and O–H groups in total. The van der Waals surface area contributed by atoms with E-state index in [9.17, 15) is 22.4 Å². The monoisotopic (exact) mass is 290 g/mol. The van der Waals surface area contributed by atoms with E-state index in [1.807, 2.05) is 0 Å². The van der Waals surface area contributed by atoms with Crippen LogP contribution in [0.2, 0.25) is 0 Å². The lowest BCUT2D eigenvalue weighted by molar-refractivity contribution is -0.140. The van der Waals surface area contributed by atoms with Crippen LogP contribution in [0.4, 0.5) is 17.6 Å². The third-order valence-corrected chi connectivity index (χ3v) is 3.28. The first kappa shape index (κ1) is 14.8. The van der Waals surface area contributed by atoms with E-state index in [2.05, 4.69) is 5.32 Å². The van der Waals surface area contributed by atoms with Crippen molar-refractivity contribution in [2.75, 3.05) is 19.6 Å². The van der Waals surface area contributed by atoms with Crippen LogP contribution in [-0.4, -0.2) is 36.5 Å². The number of rotatable bonds is 1. The van der Waals surface area contributed by atoms with Crippen molar-refractivity contribution >= 4 is 5.91 Å². The maximum Gasteiger partial charge on any atom is 0.419 e. The normalized spacial score (nSPS) is 20.1. The molecule has 0 saturated carbocycles. The minimum Gasteiger partial charge on any atom is -0.333 e. The van der Waals surface area contributed by atoms with Gasteiger partial charge in [0.25, 0.3) is 5.91 Å². The second kappa shape index (κ2) is 5.40. The van der Waals surface area contributed by atoms with Gasteiger partial charge in [-0.1, -0.05) is 0 Å². The number of benzene rings is 1. The lowest BCUT2D eigenvalue weighted by Crippen LogP contribution is -2.52. The smallest absolute Gasteiger partial charge is 0.333 e. The molecule has 1 aliphatic rings. The van der Waals surface area contributed by atoms with Crippen LogP contribution < -0.4 is 5.32 Å².